The molecule has 0 atom stereocenters. The number of amides is 2. The molecule has 0 bridgehead atoms. The van der Waals surface area contributed by atoms with Crippen LogP contribution in [-0.2, 0) is 13.1 Å². The van der Waals surface area contributed by atoms with Gasteiger partial charge in [-0.25, -0.2) is 4.79 Å². The Morgan fingerprint density at radius 3 is 2.55 bits per heavy atom. The molecule has 3 nitrogen and oxygen atoms in total. The summed E-state index contributed by atoms with van der Waals surface area (Å²) in [6, 6.07) is 16.5. The number of carbonyl (C=O) groups excluding carboxylic acids is 1. The molecule has 0 saturated heterocycles. The predicted octanol–water partition coefficient (Wildman–Crippen LogP) is 3.86. The Labute approximate surface area is 132 Å². The highest BCUT2D eigenvalue weighted by molar-refractivity contribution is 14.1. The fourth-order valence-corrected chi connectivity index (χ4v) is 2.82. The van der Waals surface area contributed by atoms with E-state index < -0.39 is 0 Å². The molecular formula is C16H15IN2O. The Hall–Kier alpha value is -1.56. The average molecular weight is 378 g/mol. The number of hydrogen-bond donors (Lipinski definition) is 0. The van der Waals surface area contributed by atoms with E-state index in [1.165, 1.54) is 9.13 Å². The van der Waals surface area contributed by atoms with Crippen molar-refractivity contribution in [3.05, 3.63) is 63.2 Å². The number of halogens is 1. The zero-order valence-electron chi connectivity index (χ0n) is 11.2. The van der Waals surface area contributed by atoms with Crippen LogP contribution in [0.5, 0.6) is 0 Å². The number of urea groups is 1. The lowest BCUT2D eigenvalue weighted by molar-refractivity contribution is 0.210. The van der Waals surface area contributed by atoms with Crippen molar-refractivity contribution in [2.24, 2.45) is 0 Å². The zero-order valence-corrected chi connectivity index (χ0v) is 13.4. The summed E-state index contributed by atoms with van der Waals surface area (Å²) >= 11 is 2.29. The van der Waals surface area contributed by atoms with Gasteiger partial charge in [0.2, 0.25) is 0 Å². The monoisotopic (exact) mass is 378 g/mol. The van der Waals surface area contributed by atoms with E-state index in [2.05, 4.69) is 52.9 Å². The highest BCUT2D eigenvalue weighted by Crippen LogP contribution is 2.29. The van der Waals surface area contributed by atoms with E-state index in [1.54, 1.807) is 4.90 Å². The molecule has 1 aliphatic heterocycles. The van der Waals surface area contributed by atoms with E-state index in [1.807, 2.05) is 30.1 Å². The van der Waals surface area contributed by atoms with Crippen LogP contribution < -0.4 is 4.90 Å². The van der Waals surface area contributed by atoms with Crippen molar-refractivity contribution in [2.45, 2.75) is 13.1 Å². The van der Waals surface area contributed by atoms with E-state index >= 15 is 0 Å². The summed E-state index contributed by atoms with van der Waals surface area (Å²) in [6.45, 7) is 1.29. The molecular weight excluding hydrogens is 363 g/mol. The number of fused-ring (bicyclic) bond motifs is 1. The van der Waals surface area contributed by atoms with Crippen LogP contribution in [0, 0.1) is 3.57 Å². The van der Waals surface area contributed by atoms with Gasteiger partial charge in [0, 0.05) is 17.2 Å². The number of nitrogens with zero attached hydrogens (tertiary/aromatic N) is 2. The third kappa shape index (κ3) is 2.52. The number of hydrogen-bond acceptors (Lipinski definition) is 1. The Morgan fingerprint density at radius 2 is 1.80 bits per heavy atom. The summed E-state index contributed by atoms with van der Waals surface area (Å²) in [4.78, 5) is 16.0. The minimum atomic E-state index is 0.0576. The van der Waals surface area contributed by atoms with Crippen LogP contribution in [0.25, 0.3) is 0 Å². The third-order valence-corrected chi connectivity index (χ3v) is 4.22. The van der Waals surface area contributed by atoms with Crippen LogP contribution in [0.1, 0.15) is 11.1 Å². The minimum absolute atomic E-state index is 0.0576. The molecule has 0 aliphatic carbocycles. The fourth-order valence-electron chi connectivity index (χ4n) is 2.47. The number of carbonyl (C=O) groups is 1. The second-order valence-electron chi connectivity index (χ2n) is 4.98. The Bertz CT molecular complexity index is 639. The van der Waals surface area contributed by atoms with Gasteiger partial charge in [0.25, 0.3) is 0 Å². The first kappa shape index (κ1) is 13.4. The summed E-state index contributed by atoms with van der Waals surface area (Å²) in [5.74, 6) is 0. The van der Waals surface area contributed by atoms with Gasteiger partial charge in [0.1, 0.15) is 0 Å². The summed E-state index contributed by atoms with van der Waals surface area (Å²) < 4.78 is 1.20. The molecule has 0 unspecified atom stereocenters. The lowest BCUT2D eigenvalue weighted by Crippen LogP contribution is -2.44. The molecule has 0 saturated carbocycles. The Balaban J connectivity index is 1.95. The standard InChI is InChI=1S/C16H15IN2O/c1-18-11-13-4-2-3-5-15(13)19(16(18)20)10-12-6-8-14(17)9-7-12/h2-9H,10-11H2,1H3. The highest BCUT2D eigenvalue weighted by Gasteiger charge is 2.27. The largest absolute Gasteiger partial charge is 0.324 e. The summed E-state index contributed by atoms with van der Waals surface area (Å²) in [5.41, 5.74) is 3.36. The molecule has 0 spiro atoms. The van der Waals surface area contributed by atoms with Crippen molar-refractivity contribution in [3.63, 3.8) is 0 Å². The molecule has 2 amide bonds. The van der Waals surface area contributed by atoms with Crippen molar-refractivity contribution >= 4 is 34.3 Å². The van der Waals surface area contributed by atoms with Crippen LogP contribution in [0.3, 0.4) is 0 Å². The molecule has 1 aliphatic rings. The van der Waals surface area contributed by atoms with Gasteiger partial charge in [-0.15, -0.1) is 0 Å². The first-order chi connectivity index (χ1) is 9.65. The summed E-state index contributed by atoms with van der Waals surface area (Å²) in [5, 5.41) is 0. The molecule has 2 aromatic carbocycles. The van der Waals surface area contributed by atoms with Gasteiger partial charge in [0.05, 0.1) is 12.2 Å². The lowest BCUT2D eigenvalue weighted by atomic mass is 10.1. The van der Waals surface area contributed by atoms with E-state index in [9.17, 15) is 4.79 Å². The molecule has 0 fully saturated rings. The quantitative estimate of drug-likeness (QED) is 0.728. The minimum Gasteiger partial charge on any atom is -0.323 e. The van der Waals surface area contributed by atoms with Gasteiger partial charge in [-0.05, 0) is 51.9 Å². The molecule has 0 aromatic heterocycles. The average Bonchev–Trinajstić information content (AvgIpc) is 2.46. The molecule has 4 heteroatoms. The number of rotatable bonds is 2. The van der Waals surface area contributed by atoms with Crippen molar-refractivity contribution in [1.29, 1.82) is 0 Å². The summed E-state index contributed by atoms with van der Waals surface area (Å²) in [7, 11) is 1.85. The normalized spacial score (nSPS) is 14.4. The van der Waals surface area contributed by atoms with Crippen LogP contribution in [0.2, 0.25) is 0 Å². The van der Waals surface area contributed by atoms with Gasteiger partial charge in [-0.3, -0.25) is 4.90 Å². The van der Waals surface area contributed by atoms with E-state index in [0.717, 1.165) is 11.3 Å². The molecule has 0 radical (unpaired) electrons. The van der Waals surface area contributed by atoms with Gasteiger partial charge in [-0.1, -0.05) is 30.3 Å². The maximum Gasteiger partial charge on any atom is 0.324 e. The van der Waals surface area contributed by atoms with Crippen molar-refractivity contribution in [2.75, 3.05) is 11.9 Å². The lowest BCUT2D eigenvalue weighted by Gasteiger charge is -2.35. The number of benzene rings is 2. The molecule has 20 heavy (non-hydrogen) atoms. The van der Waals surface area contributed by atoms with E-state index in [0.29, 0.717) is 13.1 Å². The molecule has 3 rings (SSSR count). The van der Waals surface area contributed by atoms with Crippen LogP contribution in [0.4, 0.5) is 10.5 Å². The van der Waals surface area contributed by atoms with E-state index in [-0.39, 0.29) is 6.03 Å². The van der Waals surface area contributed by atoms with Crippen LogP contribution >= 0.6 is 22.6 Å². The molecule has 2 aromatic rings. The van der Waals surface area contributed by atoms with Gasteiger partial charge >= 0.3 is 6.03 Å². The first-order valence-corrected chi connectivity index (χ1v) is 7.58. The zero-order chi connectivity index (χ0) is 14.1. The van der Waals surface area contributed by atoms with Gasteiger partial charge in [-0.2, -0.15) is 0 Å². The molecule has 1 heterocycles. The smallest absolute Gasteiger partial charge is 0.323 e. The van der Waals surface area contributed by atoms with Crippen molar-refractivity contribution < 1.29 is 4.79 Å². The van der Waals surface area contributed by atoms with Gasteiger partial charge in [0.15, 0.2) is 0 Å². The molecule has 102 valence electrons. The first-order valence-electron chi connectivity index (χ1n) is 6.50. The highest BCUT2D eigenvalue weighted by atomic mass is 127. The Kier molecular flexibility index (Phi) is 3.65. The van der Waals surface area contributed by atoms with Gasteiger partial charge < -0.3 is 4.90 Å². The second kappa shape index (κ2) is 5.44. The van der Waals surface area contributed by atoms with Crippen molar-refractivity contribution in [1.82, 2.24) is 4.90 Å². The van der Waals surface area contributed by atoms with Crippen molar-refractivity contribution in [3.8, 4) is 0 Å². The van der Waals surface area contributed by atoms with Crippen LogP contribution in [0.15, 0.2) is 48.5 Å². The predicted molar refractivity (Wildman–Crippen MR) is 88.6 cm³/mol. The number of anilines is 1. The third-order valence-electron chi connectivity index (χ3n) is 3.50. The maximum absolute atomic E-state index is 12.4. The molecule has 0 N–H and O–H groups in total. The SMILES string of the molecule is CN1Cc2ccccc2N(Cc2ccc(I)cc2)C1=O. The number of para-hydroxylation sites is 1. The topological polar surface area (TPSA) is 23.6 Å². The summed E-state index contributed by atoms with van der Waals surface area (Å²) in [6.07, 6.45) is 0. The Morgan fingerprint density at radius 1 is 1.10 bits per heavy atom. The second-order valence-corrected chi connectivity index (χ2v) is 6.23. The van der Waals surface area contributed by atoms with E-state index in [4.69, 9.17) is 0 Å². The maximum atomic E-state index is 12.4. The fraction of sp³-hybridized carbons (Fsp3) is 0.188. The van der Waals surface area contributed by atoms with Crippen LogP contribution in [-0.4, -0.2) is 18.0 Å².